The number of hydrogen-bond acceptors (Lipinski definition) is 3. The van der Waals surface area contributed by atoms with E-state index in [9.17, 15) is 0 Å². The summed E-state index contributed by atoms with van der Waals surface area (Å²) in [7, 11) is 0. The molecule has 1 saturated carbocycles. The molecule has 5 heteroatoms. The maximum absolute atomic E-state index is 5.87. The molecule has 1 aliphatic carbocycles. The van der Waals surface area contributed by atoms with E-state index in [1.54, 1.807) is 11.8 Å². The maximum Gasteiger partial charge on any atom is 0.134 e. The molecule has 0 amide bonds. The zero-order chi connectivity index (χ0) is 12.5. The van der Waals surface area contributed by atoms with Crippen molar-refractivity contribution in [1.29, 1.82) is 0 Å². The van der Waals surface area contributed by atoms with E-state index in [0.29, 0.717) is 5.92 Å². The van der Waals surface area contributed by atoms with Crippen molar-refractivity contribution in [3.8, 4) is 0 Å². The summed E-state index contributed by atoms with van der Waals surface area (Å²) in [4.78, 5) is 10.2. The normalized spacial score (nSPS) is 14.8. The van der Waals surface area contributed by atoms with Crippen LogP contribution in [0, 0.1) is 0 Å². The lowest BCUT2D eigenvalue weighted by Crippen LogP contribution is -1.94. The van der Waals surface area contributed by atoms with E-state index in [4.69, 9.17) is 11.6 Å². The maximum atomic E-state index is 5.87. The Morgan fingerprint density at radius 1 is 1.17 bits per heavy atom. The number of rotatable bonds is 3. The van der Waals surface area contributed by atoms with Crippen LogP contribution in [-0.4, -0.2) is 9.97 Å². The van der Waals surface area contributed by atoms with Gasteiger partial charge in [-0.25, -0.2) is 9.97 Å². The fourth-order valence-electron chi connectivity index (χ4n) is 1.61. The van der Waals surface area contributed by atoms with E-state index in [2.05, 4.69) is 25.9 Å². The van der Waals surface area contributed by atoms with Gasteiger partial charge >= 0.3 is 0 Å². The van der Waals surface area contributed by atoms with Gasteiger partial charge in [-0.15, -0.1) is 0 Å². The van der Waals surface area contributed by atoms with Gasteiger partial charge in [0.05, 0.1) is 0 Å². The van der Waals surface area contributed by atoms with Gasteiger partial charge in [-0.2, -0.15) is 0 Å². The number of nitrogens with zero attached hydrogens (tertiary/aromatic N) is 2. The molecule has 0 bridgehead atoms. The molecule has 2 nitrogen and oxygen atoms in total. The van der Waals surface area contributed by atoms with Gasteiger partial charge in [0, 0.05) is 21.9 Å². The van der Waals surface area contributed by atoms with Crippen molar-refractivity contribution >= 4 is 39.3 Å². The van der Waals surface area contributed by atoms with Gasteiger partial charge < -0.3 is 0 Å². The van der Waals surface area contributed by atoms with Crippen molar-refractivity contribution in [3.63, 3.8) is 0 Å². The van der Waals surface area contributed by atoms with Crippen molar-refractivity contribution in [1.82, 2.24) is 9.97 Å². The first-order valence-electron chi connectivity index (χ1n) is 5.68. The summed E-state index contributed by atoms with van der Waals surface area (Å²) in [6.45, 7) is 0. The lowest BCUT2D eigenvalue weighted by Gasteiger charge is -2.04. The molecule has 3 rings (SSSR count). The third-order valence-corrected chi connectivity index (χ3v) is 4.25. The summed E-state index contributed by atoms with van der Waals surface area (Å²) in [5.74, 6) is 1.52. The highest BCUT2D eigenvalue weighted by Crippen LogP contribution is 2.39. The average Bonchev–Trinajstić information content (AvgIpc) is 3.15. The zero-order valence-corrected chi connectivity index (χ0v) is 12.6. The van der Waals surface area contributed by atoms with Crippen LogP contribution in [0.5, 0.6) is 0 Å². The van der Waals surface area contributed by atoms with Crippen molar-refractivity contribution in [2.45, 2.75) is 28.7 Å². The highest BCUT2D eigenvalue weighted by molar-refractivity contribution is 9.10. The molecule has 0 aliphatic heterocycles. The molecule has 1 fully saturated rings. The third kappa shape index (κ3) is 3.05. The van der Waals surface area contributed by atoms with Crippen molar-refractivity contribution in [3.05, 3.63) is 45.8 Å². The molecule has 0 unspecified atom stereocenters. The molecule has 0 saturated heterocycles. The summed E-state index contributed by atoms with van der Waals surface area (Å²) in [5, 5.41) is 1.72. The summed E-state index contributed by atoms with van der Waals surface area (Å²) >= 11 is 11.0. The van der Waals surface area contributed by atoms with E-state index in [-0.39, 0.29) is 0 Å². The topological polar surface area (TPSA) is 25.8 Å². The minimum absolute atomic E-state index is 0.562. The molecule has 1 aliphatic rings. The van der Waals surface area contributed by atoms with Crippen LogP contribution in [-0.2, 0) is 0 Å². The Morgan fingerprint density at radius 2 is 1.89 bits per heavy atom. The van der Waals surface area contributed by atoms with Gasteiger partial charge in [-0.3, -0.25) is 0 Å². The molecule has 0 N–H and O–H groups in total. The van der Waals surface area contributed by atoms with Crippen LogP contribution in [0.1, 0.15) is 24.6 Å². The molecule has 92 valence electrons. The van der Waals surface area contributed by atoms with Crippen LogP contribution in [0.25, 0.3) is 0 Å². The first-order valence-corrected chi connectivity index (χ1v) is 7.67. The predicted molar refractivity (Wildman–Crippen MR) is 77.3 cm³/mol. The summed E-state index contributed by atoms with van der Waals surface area (Å²) in [5.41, 5.74) is 0. The molecule has 0 radical (unpaired) electrons. The molecule has 2 aromatic rings. The number of hydrogen-bond donors (Lipinski definition) is 0. The number of benzene rings is 1. The average molecular weight is 342 g/mol. The highest BCUT2D eigenvalue weighted by Gasteiger charge is 2.27. The van der Waals surface area contributed by atoms with Gasteiger partial charge in [0.25, 0.3) is 0 Å². The Labute approximate surface area is 123 Å². The molecular formula is C13H10BrClN2S. The van der Waals surface area contributed by atoms with Gasteiger partial charge in [0.15, 0.2) is 0 Å². The summed E-state index contributed by atoms with van der Waals surface area (Å²) < 4.78 is 0.857. The minimum Gasteiger partial charge on any atom is -0.226 e. The SMILES string of the molecule is Clc1ccc(Sc2cc(Br)nc(C3CC3)n2)cc1. The van der Waals surface area contributed by atoms with Crippen molar-refractivity contribution < 1.29 is 0 Å². The van der Waals surface area contributed by atoms with E-state index in [1.807, 2.05) is 30.3 Å². The van der Waals surface area contributed by atoms with Gasteiger partial charge in [-0.05, 0) is 53.0 Å². The van der Waals surface area contributed by atoms with Crippen LogP contribution in [0.3, 0.4) is 0 Å². The molecule has 1 aromatic carbocycles. The second-order valence-electron chi connectivity index (χ2n) is 4.22. The standard InChI is InChI=1S/C13H10BrClN2S/c14-11-7-12(17-13(16-11)8-1-2-8)18-10-5-3-9(15)4-6-10/h3-8H,1-2H2. The number of halogens is 2. The van der Waals surface area contributed by atoms with Gasteiger partial charge in [-0.1, -0.05) is 23.4 Å². The zero-order valence-electron chi connectivity index (χ0n) is 9.44. The first-order chi connectivity index (χ1) is 8.70. The van der Waals surface area contributed by atoms with E-state index in [0.717, 1.165) is 25.4 Å². The van der Waals surface area contributed by atoms with E-state index < -0.39 is 0 Å². The van der Waals surface area contributed by atoms with Gasteiger partial charge in [0.1, 0.15) is 15.5 Å². The predicted octanol–water partition coefficient (Wildman–Crippen LogP) is 4.92. The Balaban J connectivity index is 1.85. The molecule has 0 spiro atoms. The Bertz CT molecular complexity index is 570. The number of aromatic nitrogens is 2. The Hall–Kier alpha value is -0.580. The molecule has 1 aromatic heterocycles. The smallest absolute Gasteiger partial charge is 0.134 e. The summed E-state index contributed by atoms with van der Waals surface area (Å²) in [6.07, 6.45) is 2.42. The monoisotopic (exact) mass is 340 g/mol. The van der Waals surface area contributed by atoms with E-state index in [1.165, 1.54) is 12.8 Å². The van der Waals surface area contributed by atoms with Crippen LogP contribution in [0.4, 0.5) is 0 Å². The van der Waals surface area contributed by atoms with Crippen LogP contribution >= 0.6 is 39.3 Å². The highest BCUT2D eigenvalue weighted by atomic mass is 79.9. The van der Waals surface area contributed by atoms with Crippen molar-refractivity contribution in [2.75, 3.05) is 0 Å². The van der Waals surface area contributed by atoms with Crippen LogP contribution < -0.4 is 0 Å². The Kier molecular flexibility index (Phi) is 3.59. The van der Waals surface area contributed by atoms with Crippen molar-refractivity contribution in [2.24, 2.45) is 0 Å². The quantitative estimate of drug-likeness (QED) is 0.741. The van der Waals surface area contributed by atoms with E-state index >= 15 is 0 Å². The Morgan fingerprint density at radius 3 is 2.56 bits per heavy atom. The first kappa shape index (κ1) is 12.5. The molecular weight excluding hydrogens is 332 g/mol. The molecule has 18 heavy (non-hydrogen) atoms. The second kappa shape index (κ2) is 5.19. The summed E-state index contributed by atoms with van der Waals surface area (Å²) in [6, 6.07) is 9.73. The fraction of sp³-hybridized carbons (Fsp3) is 0.231. The van der Waals surface area contributed by atoms with Crippen LogP contribution in [0.15, 0.2) is 44.9 Å². The van der Waals surface area contributed by atoms with Crippen LogP contribution in [0.2, 0.25) is 5.02 Å². The molecule has 1 heterocycles. The molecule has 0 atom stereocenters. The fourth-order valence-corrected chi connectivity index (χ4v) is 3.11. The lowest BCUT2D eigenvalue weighted by molar-refractivity contribution is 0.866. The lowest BCUT2D eigenvalue weighted by atomic mass is 10.4. The third-order valence-electron chi connectivity index (χ3n) is 2.67. The second-order valence-corrected chi connectivity index (χ2v) is 6.56. The largest absolute Gasteiger partial charge is 0.226 e. The van der Waals surface area contributed by atoms with Gasteiger partial charge in [0.2, 0.25) is 0 Å². The minimum atomic E-state index is 0.562.